The highest BCUT2D eigenvalue weighted by atomic mass is 35.5. The van der Waals surface area contributed by atoms with Crippen molar-refractivity contribution >= 4 is 23.2 Å². The summed E-state index contributed by atoms with van der Waals surface area (Å²) in [4.78, 5) is 16.4. The van der Waals surface area contributed by atoms with Crippen LogP contribution in [0.25, 0.3) is 5.65 Å². The van der Waals surface area contributed by atoms with Gasteiger partial charge in [-0.05, 0) is 24.5 Å². The van der Waals surface area contributed by atoms with E-state index in [1.54, 1.807) is 0 Å². The second kappa shape index (κ2) is 7.14. The van der Waals surface area contributed by atoms with Gasteiger partial charge in [0.25, 0.3) is 0 Å². The first kappa shape index (κ1) is 15.3. The molecule has 0 saturated heterocycles. The molecular formula is C17H22ClN3O. The van der Waals surface area contributed by atoms with E-state index in [1.807, 2.05) is 28.8 Å². The van der Waals surface area contributed by atoms with Gasteiger partial charge in [-0.2, -0.15) is 0 Å². The van der Waals surface area contributed by atoms with Crippen molar-refractivity contribution in [1.82, 2.24) is 14.7 Å². The predicted octanol–water partition coefficient (Wildman–Crippen LogP) is 3.96. The van der Waals surface area contributed by atoms with Crippen LogP contribution in [0.15, 0.2) is 24.4 Å². The smallest absolute Gasteiger partial charge is 0.220 e. The molecule has 2 aromatic heterocycles. The number of hydrogen-bond donors (Lipinski definition) is 1. The van der Waals surface area contributed by atoms with Gasteiger partial charge in [0.05, 0.1) is 12.2 Å². The van der Waals surface area contributed by atoms with Crippen molar-refractivity contribution in [3.05, 3.63) is 35.2 Å². The number of halogens is 1. The molecule has 4 nitrogen and oxygen atoms in total. The van der Waals surface area contributed by atoms with Crippen LogP contribution in [0.4, 0.5) is 0 Å². The van der Waals surface area contributed by atoms with Gasteiger partial charge >= 0.3 is 0 Å². The van der Waals surface area contributed by atoms with Gasteiger partial charge in [0.15, 0.2) is 0 Å². The summed E-state index contributed by atoms with van der Waals surface area (Å²) >= 11 is 6.10. The maximum Gasteiger partial charge on any atom is 0.220 e. The SMILES string of the molecule is O=C(CCC1CCCCC1)NCc1cn2c(Cl)cccc2n1. The number of hydrogen-bond acceptors (Lipinski definition) is 2. The van der Waals surface area contributed by atoms with E-state index in [1.165, 1.54) is 32.1 Å². The first-order valence-electron chi connectivity index (χ1n) is 8.11. The third-order valence-electron chi connectivity index (χ3n) is 4.46. The van der Waals surface area contributed by atoms with Gasteiger partial charge in [-0.1, -0.05) is 49.8 Å². The molecule has 3 rings (SSSR count). The minimum atomic E-state index is 0.119. The largest absolute Gasteiger partial charge is 0.350 e. The number of nitrogens with zero attached hydrogens (tertiary/aromatic N) is 2. The minimum Gasteiger partial charge on any atom is -0.350 e. The molecule has 0 radical (unpaired) electrons. The van der Waals surface area contributed by atoms with E-state index in [-0.39, 0.29) is 5.91 Å². The van der Waals surface area contributed by atoms with Crippen LogP contribution in [-0.4, -0.2) is 15.3 Å². The van der Waals surface area contributed by atoms with Gasteiger partial charge in [-0.3, -0.25) is 9.20 Å². The summed E-state index contributed by atoms with van der Waals surface area (Å²) in [5.74, 6) is 0.863. The molecule has 0 unspecified atom stereocenters. The zero-order chi connectivity index (χ0) is 15.4. The zero-order valence-corrected chi connectivity index (χ0v) is 13.5. The molecule has 1 N–H and O–H groups in total. The lowest BCUT2D eigenvalue weighted by atomic mass is 9.86. The Bertz CT molecular complexity index is 646. The van der Waals surface area contributed by atoms with Crippen LogP contribution in [0.1, 0.15) is 50.6 Å². The van der Waals surface area contributed by atoms with Crippen molar-refractivity contribution in [2.24, 2.45) is 5.92 Å². The molecule has 1 aliphatic rings. The number of amides is 1. The molecule has 0 aromatic carbocycles. The Morgan fingerprint density at radius 3 is 2.91 bits per heavy atom. The average molecular weight is 320 g/mol. The van der Waals surface area contributed by atoms with Crippen LogP contribution in [0, 0.1) is 5.92 Å². The van der Waals surface area contributed by atoms with Crippen molar-refractivity contribution in [2.75, 3.05) is 0 Å². The number of imidazole rings is 1. The summed E-state index contributed by atoms with van der Waals surface area (Å²) in [5.41, 5.74) is 1.64. The van der Waals surface area contributed by atoms with Crippen molar-refractivity contribution in [2.45, 2.75) is 51.5 Å². The summed E-state index contributed by atoms with van der Waals surface area (Å²) in [6.07, 6.45) is 10.1. The maximum atomic E-state index is 12.0. The summed E-state index contributed by atoms with van der Waals surface area (Å²) in [6.45, 7) is 0.460. The normalized spacial score (nSPS) is 16.0. The second-order valence-corrected chi connectivity index (χ2v) is 6.52. The van der Waals surface area contributed by atoms with Gasteiger partial charge in [0.1, 0.15) is 10.8 Å². The third kappa shape index (κ3) is 3.80. The summed E-state index contributed by atoms with van der Waals surface area (Å²) < 4.78 is 1.82. The molecule has 2 aromatic rings. The van der Waals surface area contributed by atoms with Crippen LogP contribution in [-0.2, 0) is 11.3 Å². The topological polar surface area (TPSA) is 46.4 Å². The Labute approximate surface area is 135 Å². The quantitative estimate of drug-likeness (QED) is 0.848. The number of rotatable bonds is 5. The summed E-state index contributed by atoms with van der Waals surface area (Å²) in [6, 6.07) is 5.60. The average Bonchev–Trinajstić information content (AvgIpc) is 2.96. The highest BCUT2D eigenvalue weighted by Crippen LogP contribution is 2.27. The minimum absolute atomic E-state index is 0.119. The fraction of sp³-hybridized carbons (Fsp3) is 0.529. The lowest BCUT2D eigenvalue weighted by molar-refractivity contribution is -0.121. The van der Waals surface area contributed by atoms with Crippen molar-refractivity contribution in [1.29, 1.82) is 0 Å². The Kier molecular flexibility index (Phi) is 4.98. The molecule has 1 fully saturated rings. The number of aromatic nitrogens is 2. The van der Waals surface area contributed by atoms with Crippen LogP contribution in [0.3, 0.4) is 0 Å². The second-order valence-electron chi connectivity index (χ2n) is 6.13. The standard InChI is InChI=1S/C17H22ClN3O/c18-15-7-4-8-16-20-14(12-21(15)16)11-19-17(22)10-9-13-5-2-1-3-6-13/h4,7-8,12-13H,1-3,5-6,9-11H2,(H,19,22). The summed E-state index contributed by atoms with van der Waals surface area (Å²) in [5, 5.41) is 3.59. The van der Waals surface area contributed by atoms with E-state index < -0.39 is 0 Å². The molecule has 22 heavy (non-hydrogen) atoms. The van der Waals surface area contributed by atoms with Gasteiger partial charge in [0.2, 0.25) is 5.91 Å². The number of fused-ring (bicyclic) bond motifs is 1. The van der Waals surface area contributed by atoms with E-state index >= 15 is 0 Å². The highest BCUT2D eigenvalue weighted by Gasteiger charge is 2.15. The molecule has 2 heterocycles. The van der Waals surface area contributed by atoms with Gasteiger partial charge < -0.3 is 5.32 Å². The molecule has 1 amide bonds. The molecule has 1 saturated carbocycles. The molecule has 5 heteroatoms. The molecule has 1 aliphatic carbocycles. The number of nitrogens with one attached hydrogen (secondary N) is 1. The Morgan fingerprint density at radius 1 is 1.32 bits per heavy atom. The van der Waals surface area contributed by atoms with Crippen molar-refractivity contribution in [3.8, 4) is 0 Å². The van der Waals surface area contributed by atoms with E-state index in [2.05, 4.69) is 10.3 Å². The number of pyridine rings is 1. The molecule has 0 aliphatic heterocycles. The Hall–Kier alpha value is -1.55. The van der Waals surface area contributed by atoms with E-state index in [0.717, 1.165) is 23.7 Å². The summed E-state index contributed by atoms with van der Waals surface area (Å²) in [7, 11) is 0. The molecule has 0 bridgehead atoms. The lowest BCUT2D eigenvalue weighted by Crippen LogP contribution is -2.23. The number of carbonyl (C=O) groups is 1. The molecular weight excluding hydrogens is 298 g/mol. The van der Waals surface area contributed by atoms with Crippen LogP contribution in [0.2, 0.25) is 5.15 Å². The predicted molar refractivity (Wildman–Crippen MR) is 87.9 cm³/mol. The van der Waals surface area contributed by atoms with Crippen molar-refractivity contribution < 1.29 is 4.79 Å². The molecule has 0 spiro atoms. The van der Waals surface area contributed by atoms with Gasteiger partial charge in [0, 0.05) is 12.6 Å². The van der Waals surface area contributed by atoms with Gasteiger partial charge in [-0.25, -0.2) is 4.98 Å². The zero-order valence-electron chi connectivity index (χ0n) is 12.7. The molecule has 0 atom stereocenters. The fourth-order valence-corrected chi connectivity index (χ4v) is 3.41. The van der Waals surface area contributed by atoms with Crippen LogP contribution >= 0.6 is 11.6 Å². The number of carbonyl (C=O) groups excluding carboxylic acids is 1. The monoisotopic (exact) mass is 319 g/mol. The van der Waals surface area contributed by atoms with Crippen molar-refractivity contribution in [3.63, 3.8) is 0 Å². The Morgan fingerprint density at radius 2 is 2.14 bits per heavy atom. The first-order valence-corrected chi connectivity index (χ1v) is 8.49. The molecule has 118 valence electrons. The van der Waals surface area contributed by atoms with Gasteiger partial charge in [-0.15, -0.1) is 0 Å². The van der Waals surface area contributed by atoms with Crippen LogP contribution in [0.5, 0.6) is 0 Å². The lowest BCUT2D eigenvalue weighted by Gasteiger charge is -2.20. The Balaban J connectivity index is 1.48. The third-order valence-corrected chi connectivity index (χ3v) is 4.77. The fourth-order valence-electron chi connectivity index (χ4n) is 3.20. The van der Waals surface area contributed by atoms with E-state index in [0.29, 0.717) is 18.1 Å². The highest BCUT2D eigenvalue weighted by molar-refractivity contribution is 6.29. The van der Waals surface area contributed by atoms with E-state index in [4.69, 9.17) is 11.6 Å². The maximum absolute atomic E-state index is 12.0. The first-order chi connectivity index (χ1) is 10.7. The van der Waals surface area contributed by atoms with Crippen LogP contribution < -0.4 is 5.32 Å². The van der Waals surface area contributed by atoms with E-state index in [9.17, 15) is 4.79 Å².